The molecule has 5 rings (SSSR count). The van der Waals surface area contributed by atoms with Crippen LogP contribution in [0.4, 0.5) is 4.39 Å². The lowest BCUT2D eigenvalue weighted by molar-refractivity contribution is -0.137. The molecule has 1 unspecified atom stereocenters. The molecule has 0 saturated carbocycles. The Kier molecular flexibility index (Phi) is 6.49. The summed E-state index contributed by atoms with van der Waals surface area (Å²) in [6.07, 6.45) is 9.01. The van der Waals surface area contributed by atoms with Crippen molar-refractivity contribution < 1.29 is 9.18 Å². The molecule has 0 radical (unpaired) electrons. The first-order valence-corrected chi connectivity index (χ1v) is 11.9. The third-order valence-electron chi connectivity index (χ3n) is 7.13. The Morgan fingerprint density at radius 3 is 2.58 bits per heavy atom. The lowest BCUT2D eigenvalue weighted by Gasteiger charge is -2.36. The number of amides is 1. The molecule has 1 fully saturated rings. The van der Waals surface area contributed by atoms with Gasteiger partial charge in [0.05, 0.1) is 5.52 Å². The van der Waals surface area contributed by atoms with E-state index in [0.29, 0.717) is 19.0 Å². The topological polar surface area (TPSA) is 36.4 Å². The van der Waals surface area contributed by atoms with E-state index in [4.69, 9.17) is 0 Å². The molecule has 2 aliphatic heterocycles. The van der Waals surface area contributed by atoms with Crippen molar-refractivity contribution in [1.82, 2.24) is 14.8 Å². The second-order valence-electron chi connectivity index (χ2n) is 9.26. The van der Waals surface area contributed by atoms with Gasteiger partial charge < -0.3 is 4.90 Å². The fraction of sp³-hybridized carbons (Fsp3) is 0.357. The minimum Gasteiger partial charge on any atom is -0.334 e. The van der Waals surface area contributed by atoms with Gasteiger partial charge in [0, 0.05) is 37.1 Å². The molecule has 0 aliphatic carbocycles. The van der Waals surface area contributed by atoms with Gasteiger partial charge in [0.25, 0.3) is 0 Å². The van der Waals surface area contributed by atoms with Gasteiger partial charge in [-0.05, 0) is 73.7 Å². The van der Waals surface area contributed by atoms with E-state index in [2.05, 4.69) is 46.3 Å². The number of rotatable bonds is 5. The highest BCUT2D eigenvalue weighted by molar-refractivity contribution is 5.82. The number of allylic oxidation sites excluding steroid dienone is 1. The Hall–Kier alpha value is -3.05. The van der Waals surface area contributed by atoms with Gasteiger partial charge in [0.2, 0.25) is 5.91 Å². The Morgan fingerprint density at radius 2 is 1.76 bits per heavy atom. The average Bonchev–Trinajstić information content (AvgIpc) is 3.03. The monoisotopic (exact) mass is 443 g/mol. The zero-order valence-electron chi connectivity index (χ0n) is 18.9. The van der Waals surface area contributed by atoms with Crippen LogP contribution in [0.3, 0.4) is 0 Å². The lowest BCUT2D eigenvalue weighted by Crippen LogP contribution is -2.42. The summed E-state index contributed by atoms with van der Waals surface area (Å²) < 4.78 is 13.3. The van der Waals surface area contributed by atoms with E-state index in [1.807, 2.05) is 17.2 Å². The van der Waals surface area contributed by atoms with Gasteiger partial charge in [0.1, 0.15) is 5.82 Å². The van der Waals surface area contributed by atoms with Crippen molar-refractivity contribution in [1.29, 1.82) is 0 Å². The van der Waals surface area contributed by atoms with E-state index < -0.39 is 0 Å². The summed E-state index contributed by atoms with van der Waals surface area (Å²) in [4.78, 5) is 22.3. The number of fused-ring (bicyclic) bond motifs is 1. The molecule has 5 heteroatoms. The van der Waals surface area contributed by atoms with Crippen LogP contribution in [0.25, 0.3) is 10.9 Å². The maximum absolute atomic E-state index is 13.4. The number of carbonyl (C=O) groups excluding carboxylic acids is 1. The molecular formula is C28H30FN3O. The third-order valence-corrected chi connectivity index (χ3v) is 7.13. The van der Waals surface area contributed by atoms with Gasteiger partial charge in [0.15, 0.2) is 0 Å². The van der Waals surface area contributed by atoms with Crippen molar-refractivity contribution in [2.75, 3.05) is 19.6 Å². The number of carbonyl (C=O) groups is 1. The van der Waals surface area contributed by atoms with Gasteiger partial charge in [-0.3, -0.25) is 14.7 Å². The van der Waals surface area contributed by atoms with Crippen LogP contribution in [-0.2, 0) is 17.9 Å². The summed E-state index contributed by atoms with van der Waals surface area (Å²) in [5.41, 5.74) is 3.33. The summed E-state index contributed by atoms with van der Waals surface area (Å²) in [5, 5.41) is 1.22. The van der Waals surface area contributed by atoms with Gasteiger partial charge in [-0.25, -0.2) is 4.39 Å². The first-order chi connectivity index (χ1) is 16.2. The molecule has 170 valence electrons. The van der Waals surface area contributed by atoms with Gasteiger partial charge in [-0.2, -0.15) is 0 Å². The highest BCUT2D eigenvalue weighted by Gasteiger charge is 2.34. The van der Waals surface area contributed by atoms with E-state index in [1.54, 1.807) is 12.1 Å². The first kappa shape index (κ1) is 21.8. The largest absolute Gasteiger partial charge is 0.334 e. The second kappa shape index (κ2) is 9.84. The zero-order chi connectivity index (χ0) is 22.6. The third kappa shape index (κ3) is 4.98. The SMILES string of the molecule is O=C1C(C2CCN(Cc3cccc4ncccc34)CC2)CC=CCN1Cc1ccc(F)cc1. The van der Waals surface area contributed by atoms with E-state index >= 15 is 0 Å². The normalized spacial score (nSPS) is 20.3. The van der Waals surface area contributed by atoms with E-state index in [-0.39, 0.29) is 17.6 Å². The number of likely N-dealkylation sites (tertiary alicyclic amines) is 1. The Balaban J connectivity index is 1.22. The highest BCUT2D eigenvalue weighted by atomic mass is 19.1. The van der Waals surface area contributed by atoms with Crippen molar-refractivity contribution in [3.63, 3.8) is 0 Å². The summed E-state index contributed by atoms with van der Waals surface area (Å²) in [5.74, 6) is 0.433. The molecule has 2 aromatic carbocycles. The van der Waals surface area contributed by atoms with Crippen molar-refractivity contribution >= 4 is 16.8 Å². The molecule has 33 heavy (non-hydrogen) atoms. The van der Waals surface area contributed by atoms with E-state index in [9.17, 15) is 9.18 Å². The molecule has 0 bridgehead atoms. The smallest absolute Gasteiger partial charge is 0.226 e. The molecule has 1 saturated heterocycles. The van der Waals surface area contributed by atoms with Gasteiger partial charge in [-0.1, -0.05) is 42.5 Å². The predicted molar refractivity (Wildman–Crippen MR) is 129 cm³/mol. The number of piperidine rings is 1. The number of halogens is 1. The maximum atomic E-state index is 13.4. The van der Waals surface area contributed by atoms with Crippen LogP contribution in [0.1, 0.15) is 30.4 Å². The van der Waals surface area contributed by atoms with Crippen molar-refractivity contribution in [2.24, 2.45) is 11.8 Å². The second-order valence-corrected chi connectivity index (χ2v) is 9.26. The quantitative estimate of drug-likeness (QED) is 0.509. The van der Waals surface area contributed by atoms with Crippen LogP contribution in [0, 0.1) is 17.7 Å². The maximum Gasteiger partial charge on any atom is 0.226 e. The highest BCUT2D eigenvalue weighted by Crippen LogP contribution is 2.32. The molecule has 3 heterocycles. The average molecular weight is 444 g/mol. The van der Waals surface area contributed by atoms with Crippen molar-refractivity contribution in [3.05, 3.63) is 89.9 Å². The number of pyridine rings is 1. The summed E-state index contributed by atoms with van der Waals surface area (Å²) in [6.45, 7) is 4.10. The van der Waals surface area contributed by atoms with Crippen LogP contribution in [0.2, 0.25) is 0 Å². The number of nitrogens with zero attached hydrogens (tertiary/aromatic N) is 3. The van der Waals surface area contributed by atoms with Crippen LogP contribution >= 0.6 is 0 Å². The van der Waals surface area contributed by atoms with Crippen LogP contribution < -0.4 is 0 Å². The molecule has 1 atom stereocenters. The molecule has 0 N–H and O–H groups in total. The molecule has 2 aliphatic rings. The molecule has 0 spiro atoms. The molecule has 3 aromatic rings. The van der Waals surface area contributed by atoms with Crippen molar-refractivity contribution in [2.45, 2.75) is 32.4 Å². The predicted octanol–water partition coefficient (Wildman–Crippen LogP) is 5.19. The number of aromatic nitrogens is 1. The zero-order valence-corrected chi connectivity index (χ0v) is 18.9. The van der Waals surface area contributed by atoms with Crippen LogP contribution in [0.5, 0.6) is 0 Å². The summed E-state index contributed by atoms with van der Waals surface area (Å²) in [7, 11) is 0. The summed E-state index contributed by atoms with van der Waals surface area (Å²) >= 11 is 0. The molecule has 4 nitrogen and oxygen atoms in total. The fourth-order valence-electron chi connectivity index (χ4n) is 5.28. The number of hydrogen-bond donors (Lipinski definition) is 0. The molecular weight excluding hydrogens is 413 g/mol. The van der Waals surface area contributed by atoms with E-state index in [1.165, 1.54) is 23.1 Å². The standard InChI is InChI=1S/C28H30FN3O/c29-24-11-9-21(10-12-24)19-32-16-2-1-6-26(28(32)33)22-13-17-31(18-14-22)20-23-5-3-8-27-25(23)7-4-15-30-27/h1-5,7-12,15,22,26H,6,13-14,16-20H2. The van der Waals surface area contributed by atoms with Crippen molar-refractivity contribution in [3.8, 4) is 0 Å². The summed E-state index contributed by atoms with van der Waals surface area (Å²) in [6, 6.07) is 17.0. The van der Waals surface area contributed by atoms with Gasteiger partial charge >= 0.3 is 0 Å². The Bertz CT molecular complexity index is 1130. The Morgan fingerprint density at radius 1 is 0.939 bits per heavy atom. The first-order valence-electron chi connectivity index (χ1n) is 11.9. The lowest BCUT2D eigenvalue weighted by atomic mass is 9.81. The van der Waals surface area contributed by atoms with Crippen LogP contribution in [-0.4, -0.2) is 40.3 Å². The minimum absolute atomic E-state index is 0.0353. The minimum atomic E-state index is -0.245. The van der Waals surface area contributed by atoms with Crippen LogP contribution in [0.15, 0.2) is 72.9 Å². The molecule has 1 amide bonds. The number of benzene rings is 2. The number of hydrogen-bond acceptors (Lipinski definition) is 3. The van der Waals surface area contributed by atoms with Gasteiger partial charge in [-0.15, -0.1) is 0 Å². The fourth-order valence-corrected chi connectivity index (χ4v) is 5.28. The van der Waals surface area contributed by atoms with E-state index in [0.717, 1.165) is 50.0 Å². The molecule has 1 aromatic heterocycles. The Labute approximate surface area is 194 Å².